The van der Waals surface area contributed by atoms with Crippen LogP contribution in [0.15, 0.2) is 41.9 Å². The van der Waals surface area contributed by atoms with Gasteiger partial charge in [0.05, 0.1) is 11.4 Å². The first-order valence-corrected chi connectivity index (χ1v) is 8.69. The van der Waals surface area contributed by atoms with Gasteiger partial charge in [0.15, 0.2) is 5.16 Å². The minimum Gasteiger partial charge on any atom is -0.383 e. The summed E-state index contributed by atoms with van der Waals surface area (Å²) in [4.78, 5) is 17.4. The lowest BCUT2D eigenvalue weighted by atomic mass is 10.0. The van der Waals surface area contributed by atoms with Crippen molar-refractivity contribution in [3.05, 3.63) is 47.9 Å². The predicted molar refractivity (Wildman–Crippen MR) is 98.8 cm³/mol. The SMILES string of the molecule is CCSc1ncc(-c2cc(-c3ccc(C)cn3)nc(N)c2C#N)cn1. The Kier molecular flexibility index (Phi) is 4.91. The molecule has 0 atom stereocenters. The summed E-state index contributed by atoms with van der Waals surface area (Å²) in [5.41, 5.74) is 10.1. The summed E-state index contributed by atoms with van der Waals surface area (Å²) in [5.74, 6) is 1.07. The van der Waals surface area contributed by atoms with E-state index in [1.54, 1.807) is 36.4 Å². The molecule has 2 N–H and O–H groups in total. The van der Waals surface area contributed by atoms with Crippen molar-refractivity contribution in [1.82, 2.24) is 19.9 Å². The van der Waals surface area contributed by atoms with Crippen molar-refractivity contribution >= 4 is 17.6 Å². The largest absolute Gasteiger partial charge is 0.383 e. The molecular weight excluding hydrogens is 332 g/mol. The Balaban J connectivity index is 2.11. The van der Waals surface area contributed by atoms with Crippen LogP contribution < -0.4 is 5.73 Å². The molecule has 0 aliphatic rings. The molecule has 0 fully saturated rings. The molecule has 25 heavy (non-hydrogen) atoms. The van der Waals surface area contributed by atoms with Crippen LogP contribution in [0.1, 0.15) is 18.1 Å². The van der Waals surface area contributed by atoms with E-state index >= 15 is 0 Å². The van der Waals surface area contributed by atoms with Gasteiger partial charge in [0.25, 0.3) is 0 Å². The van der Waals surface area contributed by atoms with Gasteiger partial charge >= 0.3 is 0 Å². The average molecular weight is 348 g/mol. The summed E-state index contributed by atoms with van der Waals surface area (Å²) in [5, 5.41) is 10.2. The standard InChI is InChI=1S/C18H16N6S/c1-3-25-18-22-9-12(10-23-18)13-6-16(24-17(20)14(13)7-19)15-5-4-11(2)8-21-15/h4-6,8-10H,3H2,1-2H3,(H2,20,24). The van der Waals surface area contributed by atoms with E-state index in [9.17, 15) is 5.26 Å². The molecule has 0 saturated carbocycles. The zero-order valence-electron chi connectivity index (χ0n) is 13.9. The van der Waals surface area contributed by atoms with Crippen LogP contribution in [0.5, 0.6) is 0 Å². The molecule has 0 aromatic carbocycles. The van der Waals surface area contributed by atoms with Gasteiger partial charge in [0.1, 0.15) is 17.5 Å². The second-order valence-corrected chi connectivity index (χ2v) is 6.57. The van der Waals surface area contributed by atoms with Crippen LogP contribution in [0.2, 0.25) is 0 Å². The molecule has 0 aliphatic carbocycles. The molecule has 0 unspecified atom stereocenters. The molecule has 0 radical (unpaired) electrons. The summed E-state index contributed by atoms with van der Waals surface area (Å²) < 4.78 is 0. The summed E-state index contributed by atoms with van der Waals surface area (Å²) in [7, 11) is 0. The number of nitrogen functional groups attached to an aromatic ring is 1. The van der Waals surface area contributed by atoms with E-state index in [1.807, 2.05) is 26.0 Å². The number of thioether (sulfide) groups is 1. The lowest BCUT2D eigenvalue weighted by molar-refractivity contribution is 0.970. The number of nitrogens with zero attached hydrogens (tertiary/aromatic N) is 5. The number of hydrogen-bond acceptors (Lipinski definition) is 7. The van der Waals surface area contributed by atoms with E-state index in [0.29, 0.717) is 27.7 Å². The zero-order chi connectivity index (χ0) is 17.8. The van der Waals surface area contributed by atoms with E-state index in [4.69, 9.17) is 5.73 Å². The average Bonchev–Trinajstić information content (AvgIpc) is 2.62. The van der Waals surface area contributed by atoms with Crippen LogP contribution in [-0.4, -0.2) is 25.7 Å². The minimum atomic E-state index is 0.171. The Bertz CT molecular complexity index is 930. The molecule has 0 amide bonds. The smallest absolute Gasteiger partial charge is 0.187 e. The molecule has 0 spiro atoms. The first kappa shape index (κ1) is 16.9. The number of anilines is 1. The van der Waals surface area contributed by atoms with Gasteiger partial charge in [-0.1, -0.05) is 24.8 Å². The number of aryl methyl sites for hydroxylation is 1. The lowest BCUT2D eigenvalue weighted by Gasteiger charge is -2.10. The number of nitriles is 1. The van der Waals surface area contributed by atoms with E-state index in [2.05, 4.69) is 26.0 Å². The Hall–Kier alpha value is -2.98. The van der Waals surface area contributed by atoms with E-state index < -0.39 is 0 Å². The Morgan fingerprint density at radius 2 is 1.88 bits per heavy atom. The second-order valence-electron chi connectivity index (χ2n) is 5.34. The number of rotatable bonds is 4. The molecule has 3 aromatic heterocycles. The van der Waals surface area contributed by atoms with E-state index in [-0.39, 0.29) is 5.82 Å². The van der Waals surface area contributed by atoms with Crippen LogP contribution in [-0.2, 0) is 0 Å². The Morgan fingerprint density at radius 3 is 2.48 bits per heavy atom. The zero-order valence-corrected chi connectivity index (χ0v) is 14.7. The molecule has 0 saturated heterocycles. The van der Waals surface area contributed by atoms with Crippen molar-refractivity contribution in [3.63, 3.8) is 0 Å². The second kappa shape index (κ2) is 7.28. The molecular formula is C18H16N6S. The Morgan fingerprint density at radius 1 is 1.12 bits per heavy atom. The van der Waals surface area contributed by atoms with Gasteiger partial charge in [-0.3, -0.25) is 4.98 Å². The van der Waals surface area contributed by atoms with Crippen LogP contribution in [0, 0.1) is 18.3 Å². The van der Waals surface area contributed by atoms with Gasteiger partial charge in [-0.2, -0.15) is 5.26 Å². The molecule has 7 heteroatoms. The van der Waals surface area contributed by atoms with Crippen molar-refractivity contribution in [2.24, 2.45) is 0 Å². The molecule has 3 aromatic rings. The predicted octanol–water partition coefficient (Wildman–Crippen LogP) is 3.47. The highest BCUT2D eigenvalue weighted by Crippen LogP contribution is 2.30. The molecule has 124 valence electrons. The van der Waals surface area contributed by atoms with Gasteiger partial charge < -0.3 is 5.73 Å². The number of hydrogen-bond donors (Lipinski definition) is 1. The van der Waals surface area contributed by atoms with Crippen LogP contribution in [0.4, 0.5) is 5.82 Å². The van der Waals surface area contributed by atoms with Crippen LogP contribution in [0.3, 0.4) is 0 Å². The third-order valence-corrected chi connectivity index (χ3v) is 4.30. The highest BCUT2D eigenvalue weighted by molar-refractivity contribution is 7.99. The molecule has 3 rings (SSSR count). The van der Waals surface area contributed by atoms with Crippen molar-refractivity contribution < 1.29 is 0 Å². The molecule has 3 heterocycles. The highest BCUT2D eigenvalue weighted by atomic mass is 32.2. The van der Waals surface area contributed by atoms with Crippen molar-refractivity contribution in [2.45, 2.75) is 19.0 Å². The maximum atomic E-state index is 9.47. The summed E-state index contributed by atoms with van der Waals surface area (Å²) in [6.07, 6.45) is 5.17. The molecule has 6 nitrogen and oxygen atoms in total. The maximum absolute atomic E-state index is 9.47. The summed E-state index contributed by atoms with van der Waals surface area (Å²) in [6.45, 7) is 4.01. The first-order valence-electron chi connectivity index (χ1n) is 7.71. The Labute approximate surface area is 150 Å². The van der Waals surface area contributed by atoms with Crippen molar-refractivity contribution in [2.75, 3.05) is 11.5 Å². The third kappa shape index (κ3) is 3.59. The number of aromatic nitrogens is 4. The number of nitrogens with two attached hydrogens (primary N) is 1. The molecule has 0 aliphatic heterocycles. The quantitative estimate of drug-likeness (QED) is 0.569. The third-order valence-electron chi connectivity index (χ3n) is 3.55. The van der Waals surface area contributed by atoms with Gasteiger partial charge in [0.2, 0.25) is 0 Å². The van der Waals surface area contributed by atoms with Gasteiger partial charge in [-0.25, -0.2) is 15.0 Å². The highest BCUT2D eigenvalue weighted by Gasteiger charge is 2.14. The van der Waals surface area contributed by atoms with Gasteiger partial charge in [-0.15, -0.1) is 0 Å². The van der Waals surface area contributed by atoms with Crippen LogP contribution in [0.25, 0.3) is 22.5 Å². The topological polar surface area (TPSA) is 101 Å². The lowest BCUT2D eigenvalue weighted by Crippen LogP contribution is -2.01. The van der Waals surface area contributed by atoms with E-state index in [0.717, 1.165) is 16.9 Å². The van der Waals surface area contributed by atoms with Gasteiger partial charge in [-0.05, 0) is 30.4 Å². The fourth-order valence-electron chi connectivity index (χ4n) is 2.32. The normalized spacial score (nSPS) is 10.4. The van der Waals surface area contributed by atoms with Crippen LogP contribution >= 0.6 is 11.8 Å². The minimum absolute atomic E-state index is 0.171. The van der Waals surface area contributed by atoms with Crippen molar-refractivity contribution in [1.29, 1.82) is 5.26 Å². The van der Waals surface area contributed by atoms with Gasteiger partial charge in [0, 0.05) is 29.7 Å². The fraction of sp³-hybridized carbons (Fsp3) is 0.167. The summed E-state index contributed by atoms with van der Waals surface area (Å²) >= 11 is 1.56. The molecule has 0 bridgehead atoms. The van der Waals surface area contributed by atoms with E-state index in [1.165, 1.54) is 0 Å². The monoisotopic (exact) mass is 348 g/mol. The maximum Gasteiger partial charge on any atom is 0.187 e. The first-order chi connectivity index (χ1) is 12.1. The fourth-order valence-corrected chi connectivity index (χ4v) is 2.83. The number of pyridine rings is 2. The van der Waals surface area contributed by atoms with Crippen molar-refractivity contribution in [3.8, 4) is 28.6 Å². The summed E-state index contributed by atoms with van der Waals surface area (Å²) in [6, 6.07) is 7.76.